The van der Waals surface area contributed by atoms with Gasteiger partial charge < -0.3 is 15.1 Å². The quantitative estimate of drug-likeness (QED) is 0.285. The molecule has 0 saturated carbocycles. The fourth-order valence-electron chi connectivity index (χ4n) is 5.12. The SMILES string of the molecule is O=C(c1ccc(-c2ccc3c(Nc4ccc5scnc5c4)ccnc3c2)cc1)N1CCN(c2ccncn2)CC1. The lowest BCUT2D eigenvalue weighted by Gasteiger charge is -2.35. The molecule has 3 aromatic carbocycles. The molecular weight excluding hydrogens is 518 g/mol. The third-order valence-corrected chi connectivity index (χ3v) is 8.08. The molecule has 4 heterocycles. The molecule has 0 spiro atoms. The number of thiazole rings is 1. The topological polar surface area (TPSA) is 87.1 Å². The maximum absolute atomic E-state index is 13.2. The Morgan fingerprint density at radius 3 is 2.45 bits per heavy atom. The first kappa shape index (κ1) is 24.2. The number of hydrogen-bond donors (Lipinski definition) is 1. The summed E-state index contributed by atoms with van der Waals surface area (Å²) in [5.74, 6) is 0.956. The first-order valence-corrected chi connectivity index (χ1v) is 14.0. The number of piperazine rings is 1. The molecule has 1 saturated heterocycles. The van der Waals surface area contributed by atoms with Crippen molar-refractivity contribution < 1.29 is 4.79 Å². The Balaban J connectivity index is 1.06. The number of hydrogen-bond acceptors (Lipinski definition) is 8. The van der Waals surface area contributed by atoms with Gasteiger partial charge in [0.25, 0.3) is 5.91 Å². The van der Waals surface area contributed by atoms with E-state index >= 15 is 0 Å². The largest absolute Gasteiger partial charge is 0.355 e. The normalized spacial score (nSPS) is 13.6. The number of benzene rings is 3. The highest BCUT2D eigenvalue weighted by atomic mass is 32.1. The van der Waals surface area contributed by atoms with Crippen LogP contribution in [0.4, 0.5) is 17.2 Å². The van der Waals surface area contributed by atoms with Crippen LogP contribution in [0.3, 0.4) is 0 Å². The third-order valence-electron chi connectivity index (χ3n) is 7.27. The van der Waals surface area contributed by atoms with Gasteiger partial charge in [0.15, 0.2) is 0 Å². The molecule has 40 heavy (non-hydrogen) atoms. The zero-order valence-electron chi connectivity index (χ0n) is 21.6. The summed E-state index contributed by atoms with van der Waals surface area (Å²) >= 11 is 1.64. The standard InChI is InChI=1S/C31H25N7OS/c39-31(38-15-13-37(14-16-38)30-10-11-32-19-34-30)22-3-1-21(2-4-22)23-5-7-25-26(9-12-33-27(25)17-23)36-24-6-8-29-28(18-24)35-20-40-29/h1-12,17-20H,13-16H2,(H,33,36). The van der Waals surface area contributed by atoms with E-state index in [1.165, 1.54) is 4.70 Å². The highest BCUT2D eigenvalue weighted by molar-refractivity contribution is 7.16. The summed E-state index contributed by atoms with van der Waals surface area (Å²) in [4.78, 5) is 34.6. The van der Waals surface area contributed by atoms with Crippen molar-refractivity contribution in [2.24, 2.45) is 0 Å². The molecule has 0 unspecified atom stereocenters. The Labute approximate surface area is 235 Å². The van der Waals surface area contributed by atoms with Gasteiger partial charge in [-0.2, -0.15) is 0 Å². The Hall–Kier alpha value is -4.89. The molecule has 9 heteroatoms. The smallest absolute Gasteiger partial charge is 0.253 e. The molecular formula is C31H25N7OS. The average molecular weight is 544 g/mol. The lowest BCUT2D eigenvalue weighted by atomic mass is 10.0. The fraction of sp³-hybridized carbons (Fsp3) is 0.129. The van der Waals surface area contributed by atoms with Crippen LogP contribution in [0.15, 0.2) is 97.0 Å². The van der Waals surface area contributed by atoms with Crippen molar-refractivity contribution >= 4 is 55.6 Å². The first-order chi connectivity index (χ1) is 19.7. The third kappa shape index (κ3) is 4.71. The molecule has 1 aliphatic heterocycles. The molecule has 0 bridgehead atoms. The van der Waals surface area contributed by atoms with Gasteiger partial charge in [-0.15, -0.1) is 11.3 Å². The summed E-state index contributed by atoms with van der Waals surface area (Å²) in [6.45, 7) is 2.83. The molecule has 6 aromatic rings. The summed E-state index contributed by atoms with van der Waals surface area (Å²) in [5, 5.41) is 4.56. The van der Waals surface area contributed by atoms with Gasteiger partial charge in [-0.25, -0.2) is 15.0 Å². The van der Waals surface area contributed by atoms with Gasteiger partial charge in [0.2, 0.25) is 0 Å². The second-order valence-corrected chi connectivity index (χ2v) is 10.6. The molecule has 1 amide bonds. The molecule has 0 aliphatic carbocycles. The Morgan fingerprint density at radius 2 is 1.62 bits per heavy atom. The lowest BCUT2D eigenvalue weighted by molar-refractivity contribution is 0.0746. The number of aromatic nitrogens is 4. The summed E-state index contributed by atoms with van der Waals surface area (Å²) in [5.41, 5.74) is 8.53. The molecule has 7 rings (SSSR count). The van der Waals surface area contributed by atoms with Crippen molar-refractivity contribution in [2.45, 2.75) is 0 Å². The monoisotopic (exact) mass is 543 g/mol. The summed E-state index contributed by atoms with van der Waals surface area (Å²) in [7, 11) is 0. The Kier molecular flexibility index (Phi) is 6.25. The molecule has 0 atom stereocenters. The van der Waals surface area contributed by atoms with Crippen LogP contribution in [0.2, 0.25) is 0 Å². The van der Waals surface area contributed by atoms with Crippen LogP contribution in [-0.4, -0.2) is 56.9 Å². The van der Waals surface area contributed by atoms with Crippen molar-refractivity contribution in [1.82, 2.24) is 24.8 Å². The van der Waals surface area contributed by atoms with E-state index in [0.717, 1.165) is 57.8 Å². The van der Waals surface area contributed by atoms with Crippen LogP contribution in [0, 0.1) is 0 Å². The zero-order valence-corrected chi connectivity index (χ0v) is 22.4. The number of pyridine rings is 1. The minimum Gasteiger partial charge on any atom is -0.355 e. The van der Waals surface area contributed by atoms with Gasteiger partial charge in [0.1, 0.15) is 12.1 Å². The highest BCUT2D eigenvalue weighted by Crippen LogP contribution is 2.31. The van der Waals surface area contributed by atoms with E-state index in [0.29, 0.717) is 18.7 Å². The van der Waals surface area contributed by atoms with Crippen LogP contribution in [0.25, 0.3) is 32.2 Å². The van der Waals surface area contributed by atoms with Crippen molar-refractivity contribution in [3.8, 4) is 11.1 Å². The van der Waals surface area contributed by atoms with E-state index in [-0.39, 0.29) is 5.91 Å². The van der Waals surface area contributed by atoms with Crippen LogP contribution in [0.1, 0.15) is 10.4 Å². The number of nitrogens with one attached hydrogen (secondary N) is 1. The van der Waals surface area contributed by atoms with Gasteiger partial charge in [-0.3, -0.25) is 9.78 Å². The first-order valence-electron chi connectivity index (χ1n) is 13.1. The van der Waals surface area contributed by atoms with E-state index in [1.807, 2.05) is 53.0 Å². The van der Waals surface area contributed by atoms with Crippen LogP contribution in [-0.2, 0) is 0 Å². The minimum atomic E-state index is 0.0561. The lowest BCUT2D eigenvalue weighted by Crippen LogP contribution is -2.49. The van der Waals surface area contributed by atoms with Crippen molar-refractivity contribution in [1.29, 1.82) is 0 Å². The Morgan fingerprint density at radius 1 is 0.775 bits per heavy atom. The molecule has 0 radical (unpaired) electrons. The van der Waals surface area contributed by atoms with Crippen LogP contribution < -0.4 is 10.2 Å². The summed E-state index contributed by atoms with van der Waals surface area (Å²) < 4.78 is 1.17. The number of carbonyl (C=O) groups excluding carboxylic acids is 1. The van der Waals surface area contributed by atoms with E-state index in [2.05, 4.69) is 66.6 Å². The van der Waals surface area contributed by atoms with Crippen molar-refractivity contribution in [2.75, 3.05) is 36.4 Å². The van der Waals surface area contributed by atoms with E-state index < -0.39 is 0 Å². The number of carbonyl (C=O) groups is 1. The van der Waals surface area contributed by atoms with E-state index in [1.54, 1.807) is 23.9 Å². The summed E-state index contributed by atoms with van der Waals surface area (Å²) in [6, 6.07) is 24.2. The number of amides is 1. The van der Waals surface area contributed by atoms with Crippen LogP contribution >= 0.6 is 11.3 Å². The van der Waals surface area contributed by atoms with Gasteiger partial charge in [-0.1, -0.05) is 24.3 Å². The van der Waals surface area contributed by atoms with Crippen molar-refractivity contribution in [3.05, 3.63) is 103 Å². The molecule has 8 nitrogen and oxygen atoms in total. The van der Waals surface area contributed by atoms with Gasteiger partial charge in [-0.05, 0) is 59.7 Å². The predicted molar refractivity (Wildman–Crippen MR) is 160 cm³/mol. The van der Waals surface area contributed by atoms with E-state index in [4.69, 9.17) is 0 Å². The van der Waals surface area contributed by atoms with Crippen LogP contribution in [0.5, 0.6) is 0 Å². The fourth-order valence-corrected chi connectivity index (χ4v) is 5.78. The molecule has 1 aliphatic rings. The number of nitrogens with zero attached hydrogens (tertiary/aromatic N) is 6. The molecule has 3 aromatic heterocycles. The second-order valence-electron chi connectivity index (χ2n) is 9.67. The maximum atomic E-state index is 13.2. The van der Waals surface area contributed by atoms with Gasteiger partial charge >= 0.3 is 0 Å². The number of rotatable bonds is 5. The zero-order chi connectivity index (χ0) is 26.9. The predicted octanol–water partition coefficient (Wildman–Crippen LogP) is 6.01. The Bertz CT molecular complexity index is 1810. The van der Waals surface area contributed by atoms with Gasteiger partial charge in [0.05, 0.1) is 21.2 Å². The summed E-state index contributed by atoms with van der Waals surface area (Å²) in [6.07, 6.45) is 5.12. The average Bonchev–Trinajstić information content (AvgIpc) is 3.49. The highest BCUT2D eigenvalue weighted by Gasteiger charge is 2.23. The van der Waals surface area contributed by atoms with Crippen molar-refractivity contribution in [3.63, 3.8) is 0 Å². The maximum Gasteiger partial charge on any atom is 0.253 e. The number of fused-ring (bicyclic) bond motifs is 2. The second kappa shape index (κ2) is 10.3. The van der Waals surface area contributed by atoms with E-state index in [9.17, 15) is 4.79 Å². The van der Waals surface area contributed by atoms with Gasteiger partial charge in [0, 0.05) is 60.9 Å². The molecule has 196 valence electrons. The molecule has 1 N–H and O–H groups in total. The minimum absolute atomic E-state index is 0.0561. The molecule has 1 fully saturated rings. The number of anilines is 3.